The molecule has 0 radical (unpaired) electrons. The number of hydrogen-bond acceptors (Lipinski definition) is 6. The minimum absolute atomic E-state index is 0.00931. The molecule has 2 heterocycles. The van der Waals surface area contributed by atoms with Gasteiger partial charge < -0.3 is 23.7 Å². The standard InChI is InChI=1S/C30H33N3O5/c1-32(30-31-24-10-5-6-12-27(24)38-30)18-19-37-23-15-13-21(14-16-23)20-26(29(35)36)33-17-7-11-25(33)28(34)22-8-3-2-4-9-22/h5-7,10-17,22,26H,2-4,8-9,18-20H2,1H3,(H,35,36). The zero-order valence-corrected chi connectivity index (χ0v) is 21.6. The van der Waals surface area contributed by atoms with E-state index >= 15 is 0 Å². The molecule has 1 fully saturated rings. The van der Waals surface area contributed by atoms with E-state index in [1.54, 1.807) is 22.9 Å². The molecule has 38 heavy (non-hydrogen) atoms. The number of benzene rings is 2. The molecular formula is C30H33N3O5. The van der Waals surface area contributed by atoms with Crippen LogP contribution in [0.2, 0.25) is 0 Å². The Hall–Kier alpha value is -4.07. The summed E-state index contributed by atoms with van der Waals surface area (Å²) in [6, 6.07) is 18.3. The highest BCUT2D eigenvalue weighted by molar-refractivity contribution is 5.97. The minimum atomic E-state index is -0.957. The van der Waals surface area contributed by atoms with E-state index in [4.69, 9.17) is 9.15 Å². The van der Waals surface area contributed by atoms with Crippen LogP contribution in [-0.2, 0) is 11.2 Å². The number of Topliss-reactive ketones (excluding diaryl/α,β-unsaturated/α-hetero) is 1. The first-order chi connectivity index (χ1) is 18.5. The van der Waals surface area contributed by atoms with Crippen molar-refractivity contribution in [2.45, 2.75) is 44.6 Å². The number of carboxylic acid groups (broad SMARTS) is 1. The topological polar surface area (TPSA) is 97.8 Å². The normalized spacial score (nSPS) is 14.9. The van der Waals surface area contributed by atoms with Gasteiger partial charge in [-0.1, -0.05) is 43.5 Å². The molecule has 198 valence electrons. The molecule has 1 saturated carbocycles. The number of carboxylic acids is 1. The number of ketones is 1. The third-order valence-electron chi connectivity index (χ3n) is 7.29. The second-order valence-electron chi connectivity index (χ2n) is 9.94. The van der Waals surface area contributed by atoms with Crippen molar-refractivity contribution in [2.75, 3.05) is 25.1 Å². The van der Waals surface area contributed by atoms with Crippen LogP contribution in [0.5, 0.6) is 5.75 Å². The van der Waals surface area contributed by atoms with E-state index in [1.165, 1.54) is 0 Å². The first kappa shape index (κ1) is 25.6. The Morgan fingerprint density at radius 3 is 2.58 bits per heavy atom. The van der Waals surface area contributed by atoms with Crippen LogP contribution in [0, 0.1) is 5.92 Å². The van der Waals surface area contributed by atoms with Gasteiger partial charge >= 0.3 is 5.97 Å². The number of aromatic nitrogens is 2. The summed E-state index contributed by atoms with van der Waals surface area (Å²) in [7, 11) is 1.90. The maximum absolute atomic E-state index is 13.1. The molecule has 8 heteroatoms. The van der Waals surface area contributed by atoms with Gasteiger partial charge in [0.05, 0.1) is 12.2 Å². The molecule has 0 spiro atoms. The van der Waals surface area contributed by atoms with E-state index in [1.807, 2.05) is 60.5 Å². The van der Waals surface area contributed by atoms with Crippen molar-refractivity contribution >= 4 is 28.9 Å². The number of anilines is 1. The lowest BCUT2D eigenvalue weighted by atomic mass is 9.85. The molecule has 0 aliphatic heterocycles. The second kappa shape index (κ2) is 11.5. The molecule has 8 nitrogen and oxygen atoms in total. The fraction of sp³-hybridized carbons (Fsp3) is 0.367. The lowest BCUT2D eigenvalue weighted by Crippen LogP contribution is -2.27. The van der Waals surface area contributed by atoms with Gasteiger partial charge in [-0.05, 0) is 54.8 Å². The molecule has 1 N–H and O–H groups in total. The average Bonchev–Trinajstić information content (AvgIpc) is 3.60. The Balaban J connectivity index is 1.18. The molecule has 0 amide bonds. The Kier molecular flexibility index (Phi) is 7.77. The summed E-state index contributed by atoms with van der Waals surface area (Å²) in [5, 5.41) is 10.0. The maximum Gasteiger partial charge on any atom is 0.327 e. The van der Waals surface area contributed by atoms with E-state index in [0.29, 0.717) is 30.6 Å². The molecule has 1 aliphatic carbocycles. The van der Waals surface area contributed by atoms with Crippen molar-refractivity contribution in [1.29, 1.82) is 0 Å². The van der Waals surface area contributed by atoms with Gasteiger partial charge in [-0.3, -0.25) is 4.79 Å². The molecule has 2 aromatic heterocycles. The van der Waals surface area contributed by atoms with Crippen molar-refractivity contribution < 1.29 is 23.8 Å². The predicted molar refractivity (Wildman–Crippen MR) is 145 cm³/mol. The van der Waals surface area contributed by atoms with Gasteiger partial charge in [-0.25, -0.2) is 4.79 Å². The van der Waals surface area contributed by atoms with Gasteiger partial charge in [0.25, 0.3) is 6.01 Å². The van der Waals surface area contributed by atoms with E-state index in [2.05, 4.69) is 4.98 Å². The number of rotatable bonds is 11. The van der Waals surface area contributed by atoms with Gasteiger partial charge in [0.1, 0.15) is 23.9 Å². The molecule has 1 atom stereocenters. The first-order valence-electron chi connectivity index (χ1n) is 13.2. The number of ether oxygens (including phenoxy) is 1. The summed E-state index contributed by atoms with van der Waals surface area (Å²) < 4.78 is 13.3. The highest BCUT2D eigenvalue weighted by Gasteiger charge is 2.28. The average molecular weight is 516 g/mol. The Morgan fingerprint density at radius 2 is 1.84 bits per heavy atom. The molecular weight excluding hydrogens is 482 g/mol. The van der Waals surface area contributed by atoms with Gasteiger partial charge in [0.15, 0.2) is 11.4 Å². The van der Waals surface area contributed by atoms with Crippen LogP contribution in [0.4, 0.5) is 6.01 Å². The minimum Gasteiger partial charge on any atom is -0.492 e. The Labute approximate surface area is 221 Å². The van der Waals surface area contributed by atoms with Gasteiger partial charge in [-0.15, -0.1) is 0 Å². The number of fused-ring (bicyclic) bond motifs is 1. The fourth-order valence-corrected chi connectivity index (χ4v) is 5.12. The summed E-state index contributed by atoms with van der Waals surface area (Å²) in [4.78, 5) is 31.8. The van der Waals surface area contributed by atoms with E-state index in [9.17, 15) is 14.7 Å². The van der Waals surface area contributed by atoms with Crippen LogP contribution in [0.15, 0.2) is 71.3 Å². The number of para-hydroxylation sites is 2. The van der Waals surface area contributed by atoms with Crippen LogP contribution in [-0.4, -0.2) is 46.6 Å². The molecule has 4 aromatic rings. The summed E-state index contributed by atoms with van der Waals surface area (Å²) in [6.45, 7) is 1.02. The van der Waals surface area contributed by atoms with Crippen LogP contribution < -0.4 is 9.64 Å². The molecule has 0 bridgehead atoms. The Morgan fingerprint density at radius 1 is 1.08 bits per heavy atom. The molecule has 0 saturated heterocycles. The number of carbonyl (C=O) groups is 2. The SMILES string of the molecule is CN(CCOc1ccc(CC(C(=O)O)n2cccc2C(=O)C2CCCCC2)cc1)c1nc2ccccc2o1. The predicted octanol–water partition coefficient (Wildman–Crippen LogP) is 5.78. The smallest absolute Gasteiger partial charge is 0.327 e. The number of oxazole rings is 1. The Bertz CT molecular complexity index is 1350. The van der Waals surface area contributed by atoms with Gasteiger partial charge in [-0.2, -0.15) is 4.98 Å². The zero-order chi connectivity index (χ0) is 26.5. The summed E-state index contributed by atoms with van der Waals surface area (Å²) >= 11 is 0. The zero-order valence-electron chi connectivity index (χ0n) is 21.6. The highest BCUT2D eigenvalue weighted by atomic mass is 16.5. The van der Waals surface area contributed by atoms with Crippen molar-refractivity contribution in [3.63, 3.8) is 0 Å². The summed E-state index contributed by atoms with van der Waals surface area (Å²) in [5.74, 6) is -0.209. The number of likely N-dealkylation sites (N-methyl/N-ethyl adjacent to an activating group) is 1. The first-order valence-corrected chi connectivity index (χ1v) is 13.2. The number of hydrogen-bond donors (Lipinski definition) is 1. The van der Waals surface area contributed by atoms with Crippen molar-refractivity contribution in [1.82, 2.24) is 9.55 Å². The number of aliphatic carboxylic acids is 1. The van der Waals surface area contributed by atoms with Gasteiger partial charge in [0.2, 0.25) is 0 Å². The van der Waals surface area contributed by atoms with E-state index < -0.39 is 12.0 Å². The maximum atomic E-state index is 13.1. The van der Waals surface area contributed by atoms with E-state index in [-0.39, 0.29) is 18.1 Å². The summed E-state index contributed by atoms with van der Waals surface area (Å²) in [6.07, 6.45) is 7.02. The second-order valence-corrected chi connectivity index (χ2v) is 9.94. The van der Waals surface area contributed by atoms with Crippen LogP contribution >= 0.6 is 0 Å². The van der Waals surface area contributed by atoms with Crippen molar-refractivity contribution in [3.8, 4) is 5.75 Å². The lowest BCUT2D eigenvalue weighted by Gasteiger charge is -2.23. The molecule has 5 rings (SSSR count). The monoisotopic (exact) mass is 515 g/mol. The van der Waals surface area contributed by atoms with Crippen molar-refractivity contribution in [3.05, 3.63) is 78.1 Å². The third-order valence-corrected chi connectivity index (χ3v) is 7.29. The van der Waals surface area contributed by atoms with Crippen LogP contribution in [0.3, 0.4) is 0 Å². The highest BCUT2D eigenvalue weighted by Crippen LogP contribution is 2.29. The molecule has 1 aliphatic rings. The number of nitrogens with zero attached hydrogens (tertiary/aromatic N) is 3. The van der Waals surface area contributed by atoms with Crippen molar-refractivity contribution in [2.24, 2.45) is 5.92 Å². The summed E-state index contributed by atoms with van der Waals surface area (Å²) in [5.41, 5.74) is 2.91. The molecule has 2 aromatic carbocycles. The lowest BCUT2D eigenvalue weighted by molar-refractivity contribution is -0.140. The van der Waals surface area contributed by atoms with E-state index in [0.717, 1.165) is 48.8 Å². The quantitative estimate of drug-likeness (QED) is 0.253. The van der Waals surface area contributed by atoms with Crippen LogP contribution in [0.1, 0.15) is 54.2 Å². The van der Waals surface area contributed by atoms with Gasteiger partial charge in [0, 0.05) is 25.6 Å². The van der Waals surface area contributed by atoms with Crippen LogP contribution in [0.25, 0.3) is 11.1 Å². The largest absolute Gasteiger partial charge is 0.492 e. The third kappa shape index (κ3) is 5.74. The molecule has 1 unspecified atom stereocenters. The fourth-order valence-electron chi connectivity index (χ4n) is 5.12. The number of carbonyl (C=O) groups excluding carboxylic acids is 1.